The van der Waals surface area contributed by atoms with E-state index in [1.54, 1.807) is 0 Å². The van der Waals surface area contributed by atoms with Crippen LogP contribution in [0.5, 0.6) is 0 Å². The second kappa shape index (κ2) is 6.43. The molecule has 0 saturated heterocycles. The van der Waals surface area contributed by atoms with Crippen LogP contribution >= 0.6 is 0 Å². The van der Waals surface area contributed by atoms with E-state index in [0.29, 0.717) is 17.6 Å². The third kappa shape index (κ3) is 3.41. The van der Waals surface area contributed by atoms with Crippen LogP contribution in [0.3, 0.4) is 0 Å². The van der Waals surface area contributed by atoms with Crippen molar-refractivity contribution < 1.29 is 4.79 Å². The Bertz CT molecular complexity index is 468. The molecule has 0 amide bonds. The van der Waals surface area contributed by atoms with Crippen LogP contribution in [-0.2, 0) is 4.79 Å². The second-order valence-corrected chi connectivity index (χ2v) is 6.47. The summed E-state index contributed by atoms with van der Waals surface area (Å²) in [5.41, 5.74) is 2.52. The first-order valence-electron chi connectivity index (χ1n) is 7.85. The molecule has 0 aromatic heterocycles. The molecule has 1 aromatic rings. The van der Waals surface area contributed by atoms with Gasteiger partial charge in [0.05, 0.1) is 0 Å². The van der Waals surface area contributed by atoms with Gasteiger partial charge in [-0.15, -0.1) is 0 Å². The molecule has 2 nitrogen and oxygen atoms in total. The van der Waals surface area contributed by atoms with Crippen LogP contribution in [0.1, 0.15) is 39.2 Å². The summed E-state index contributed by atoms with van der Waals surface area (Å²) >= 11 is 0. The summed E-state index contributed by atoms with van der Waals surface area (Å²) < 4.78 is 0. The minimum Gasteiger partial charge on any atom is -0.371 e. The Kier molecular flexibility index (Phi) is 4.85. The van der Waals surface area contributed by atoms with Gasteiger partial charge < -0.3 is 4.90 Å². The number of Topliss-reactive ketones (excluding diaryl/α,β-unsaturated/α-hetero) is 1. The van der Waals surface area contributed by atoms with Crippen molar-refractivity contribution >= 4 is 11.5 Å². The van der Waals surface area contributed by atoms with E-state index in [4.69, 9.17) is 0 Å². The molecule has 0 spiro atoms. The molecular formula is C18H27NO. The number of hydrogen-bond donors (Lipinski definition) is 0. The highest BCUT2D eigenvalue weighted by atomic mass is 16.1. The Hall–Kier alpha value is -1.31. The molecule has 0 radical (unpaired) electrons. The van der Waals surface area contributed by atoms with Crippen LogP contribution in [0.25, 0.3) is 0 Å². The lowest BCUT2D eigenvalue weighted by Crippen LogP contribution is -2.40. The third-order valence-electron chi connectivity index (χ3n) is 4.59. The first-order chi connectivity index (χ1) is 9.51. The average Bonchev–Trinajstić information content (AvgIpc) is 2.38. The molecule has 1 aliphatic rings. The average molecular weight is 273 g/mol. The van der Waals surface area contributed by atoms with Crippen molar-refractivity contribution in [3.63, 3.8) is 0 Å². The highest BCUT2D eigenvalue weighted by Gasteiger charge is 2.33. The van der Waals surface area contributed by atoms with Gasteiger partial charge in [0.2, 0.25) is 0 Å². The van der Waals surface area contributed by atoms with E-state index in [1.165, 1.54) is 17.7 Å². The smallest absolute Gasteiger partial charge is 0.138 e. The van der Waals surface area contributed by atoms with Gasteiger partial charge in [-0.2, -0.15) is 0 Å². The highest BCUT2D eigenvalue weighted by molar-refractivity contribution is 5.83. The van der Waals surface area contributed by atoms with Gasteiger partial charge in [-0.3, -0.25) is 4.79 Å². The summed E-state index contributed by atoms with van der Waals surface area (Å²) in [4.78, 5) is 14.7. The fraction of sp³-hybridized carbons (Fsp3) is 0.611. The number of anilines is 1. The van der Waals surface area contributed by atoms with Gasteiger partial charge in [0.15, 0.2) is 0 Å². The standard InChI is InChI=1S/C18H27NO/c1-5-19(16-8-6-7-13(2)10-16)12-17-15(4)9-14(3)11-18(17)20/h6-8,10,14-15,17H,5,9,11-12H2,1-4H3. The molecule has 110 valence electrons. The van der Waals surface area contributed by atoms with Gasteiger partial charge in [0.25, 0.3) is 0 Å². The maximum absolute atomic E-state index is 12.3. The normalized spacial score (nSPS) is 26.6. The maximum atomic E-state index is 12.3. The lowest BCUT2D eigenvalue weighted by molar-refractivity contribution is -0.127. The van der Waals surface area contributed by atoms with Crippen LogP contribution in [0.2, 0.25) is 0 Å². The Morgan fingerprint density at radius 3 is 2.65 bits per heavy atom. The van der Waals surface area contributed by atoms with E-state index >= 15 is 0 Å². The minimum atomic E-state index is 0.201. The zero-order valence-electron chi connectivity index (χ0n) is 13.2. The van der Waals surface area contributed by atoms with Crippen molar-refractivity contribution in [3.8, 4) is 0 Å². The predicted molar refractivity (Wildman–Crippen MR) is 85.1 cm³/mol. The van der Waals surface area contributed by atoms with E-state index < -0.39 is 0 Å². The van der Waals surface area contributed by atoms with Gasteiger partial charge in [-0.1, -0.05) is 26.0 Å². The first kappa shape index (κ1) is 15.1. The summed E-state index contributed by atoms with van der Waals surface area (Å²) in [6, 6.07) is 8.58. The Morgan fingerprint density at radius 1 is 1.30 bits per heavy atom. The van der Waals surface area contributed by atoms with Crippen molar-refractivity contribution in [2.75, 3.05) is 18.0 Å². The van der Waals surface area contributed by atoms with Crippen molar-refractivity contribution in [3.05, 3.63) is 29.8 Å². The second-order valence-electron chi connectivity index (χ2n) is 6.47. The summed E-state index contributed by atoms with van der Waals surface area (Å²) in [6.45, 7) is 10.5. The summed E-state index contributed by atoms with van der Waals surface area (Å²) in [5, 5.41) is 0. The number of nitrogens with zero attached hydrogens (tertiary/aromatic N) is 1. The molecule has 1 fully saturated rings. The molecule has 0 N–H and O–H groups in total. The molecule has 20 heavy (non-hydrogen) atoms. The fourth-order valence-electron chi connectivity index (χ4n) is 3.46. The molecular weight excluding hydrogens is 246 g/mol. The van der Waals surface area contributed by atoms with E-state index in [2.05, 4.69) is 56.9 Å². The Labute approximate surface area is 123 Å². The number of aryl methyl sites for hydroxylation is 1. The van der Waals surface area contributed by atoms with Gasteiger partial charge in [-0.25, -0.2) is 0 Å². The molecule has 1 aromatic carbocycles. The van der Waals surface area contributed by atoms with E-state index in [-0.39, 0.29) is 5.92 Å². The van der Waals surface area contributed by atoms with Gasteiger partial charge in [-0.05, 0) is 49.8 Å². The van der Waals surface area contributed by atoms with Crippen molar-refractivity contribution in [1.29, 1.82) is 0 Å². The first-order valence-corrected chi connectivity index (χ1v) is 7.85. The molecule has 0 aliphatic heterocycles. The number of rotatable bonds is 4. The van der Waals surface area contributed by atoms with Gasteiger partial charge >= 0.3 is 0 Å². The molecule has 3 atom stereocenters. The van der Waals surface area contributed by atoms with Crippen LogP contribution in [-0.4, -0.2) is 18.9 Å². The number of benzene rings is 1. The van der Waals surface area contributed by atoms with Crippen molar-refractivity contribution in [2.24, 2.45) is 17.8 Å². The zero-order valence-corrected chi connectivity index (χ0v) is 13.2. The SMILES string of the molecule is CCN(CC1C(=O)CC(C)CC1C)c1cccc(C)c1. The van der Waals surface area contributed by atoms with E-state index in [0.717, 1.165) is 19.5 Å². The number of carbonyl (C=O) groups is 1. The van der Waals surface area contributed by atoms with Crippen LogP contribution in [0, 0.1) is 24.7 Å². The summed E-state index contributed by atoms with van der Waals surface area (Å²) in [5.74, 6) is 1.72. The summed E-state index contributed by atoms with van der Waals surface area (Å²) in [6.07, 6.45) is 1.95. The van der Waals surface area contributed by atoms with E-state index in [1.807, 2.05) is 0 Å². The third-order valence-corrected chi connectivity index (χ3v) is 4.59. The van der Waals surface area contributed by atoms with E-state index in [9.17, 15) is 4.79 Å². The van der Waals surface area contributed by atoms with Crippen LogP contribution < -0.4 is 4.90 Å². The molecule has 0 heterocycles. The molecule has 2 rings (SSSR count). The number of carbonyl (C=O) groups excluding carboxylic acids is 1. The largest absolute Gasteiger partial charge is 0.371 e. The molecule has 0 bridgehead atoms. The number of ketones is 1. The lowest BCUT2D eigenvalue weighted by atomic mass is 9.74. The van der Waals surface area contributed by atoms with Crippen molar-refractivity contribution in [2.45, 2.75) is 40.5 Å². The zero-order chi connectivity index (χ0) is 14.7. The lowest BCUT2D eigenvalue weighted by Gasteiger charge is -2.35. The Morgan fingerprint density at radius 2 is 2.05 bits per heavy atom. The topological polar surface area (TPSA) is 20.3 Å². The van der Waals surface area contributed by atoms with Crippen molar-refractivity contribution in [1.82, 2.24) is 0 Å². The van der Waals surface area contributed by atoms with Gasteiger partial charge in [0.1, 0.15) is 5.78 Å². The molecule has 2 heteroatoms. The Balaban J connectivity index is 2.12. The van der Waals surface area contributed by atoms with Crippen LogP contribution in [0.4, 0.5) is 5.69 Å². The highest BCUT2D eigenvalue weighted by Crippen LogP contribution is 2.32. The summed E-state index contributed by atoms with van der Waals surface area (Å²) in [7, 11) is 0. The minimum absolute atomic E-state index is 0.201. The monoisotopic (exact) mass is 273 g/mol. The molecule has 3 unspecified atom stereocenters. The number of hydrogen-bond acceptors (Lipinski definition) is 2. The van der Waals surface area contributed by atoms with Gasteiger partial charge in [0, 0.05) is 31.1 Å². The van der Waals surface area contributed by atoms with Crippen LogP contribution in [0.15, 0.2) is 24.3 Å². The molecule has 1 aliphatic carbocycles. The maximum Gasteiger partial charge on any atom is 0.138 e. The fourth-order valence-corrected chi connectivity index (χ4v) is 3.46. The predicted octanol–water partition coefficient (Wildman–Crippen LogP) is 4.07. The quantitative estimate of drug-likeness (QED) is 0.824. The molecule has 1 saturated carbocycles.